The van der Waals surface area contributed by atoms with E-state index in [4.69, 9.17) is 9.84 Å². The van der Waals surface area contributed by atoms with Crippen LogP contribution in [0.3, 0.4) is 0 Å². The molecular formula is C28H36N2O3. The molecule has 0 amide bonds. The number of unbranched alkanes of at least 4 members (excludes halogenated alkanes) is 2. The Labute approximate surface area is 197 Å². The summed E-state index contributed by atoms with van der Waals surface area (Å²) in [7, 11) is 0. The van der Waals surface area contributed by atoms with Gasteiger partial charge in [0.2, 0.25) is 0 Å². The van der Waals surface area contributed by atoms with Crippen molar-refractivity contribution in [3.8, 4) is 5.75 Å². The summed E-state index contributed by atoms with van der Waals surface area (Å²) < 4.78 is 8.27. The summed E-state index contributed by atoms with van der Waals surface area (Å²) in [6.45, 7) is 7.33. The minimum atomic E-state index is -0.911. The maximum absolute atomic E-state index is 10.9. The first-order valence-corrected chi connectivity index (χ1v) is 12.4. The summed E-state index contributed by atoms with van der Waals surface area (Å²) in [6.07, 6.45) is 9.62. The van der Waals surface area contributed by atoms with Crippen molar-refractivity contribution in [2.24, 2.45) is 0 Å². The monoisotopic (exact) mass is 448 g/mol. The third-order valence-corrected chi connectivity index (χ3v) is 6.84. The van der Waals surface area contributed by atoms with E-state index in [1.54, 1.807) is 24.3 Å². The molecule has 33 heavy (non-hydrogen) atoms. The number of aromatic carboxylic acids is 1. The molecule has 1 aliphatic rings. The van der Waals surface area contributed by atoms with E-state index in [0.717, 1.165) is 38.3 Å². The van der Waals surface area contributed by atoms with Crippen molar-refractivity contribution in [2.45, 2.75) is 57.9 Å². The van der Waals surface area contributed by atoms with E-state index in [2.05, 4.69) is 46.9 Å². The van der Waals surface area contributed by atoms with Crippen LogP contribution in [0.5, 0.6) is 5.75 Å². The van der Waals surface area contributed by atoms with E-state index < -0.39 is 5.97 Å². The van der Waals surface area contributed by atoms with Crippen LogP contribution >= 0.6 is 0 Å². The molecule has 1 aliphatic heterocycles. The fourth-order valence-electron chi connectivity index (χ4n) is 4.96. The maximum Gasteiger partial charge on any atom is 0.335 e. The van der Waals surface area contributed by atoms with E-state index in [1.165, 1.54) is 48.6 Å². The quantitative estimate of drug-likeness (QED) is 0.356. The summed E-state index contributed by atoms with van der Waals surface area (Å²) in [4.78, 5) is 13.5. The van der Waals surface area contributed by atoms with Gasteiger partial charge in [-0.3, -0.25) is 0 Å². The highest BCUT2D eigenvalue weighted by molar-refractivity contribution is 5.87. The Morgan fingerprint density at radius 2 is 1.76 bits per heavy atom. The zero-order valence-electron chi connectivity index (χ0n) is 19.7. The van der Waals surface area contributed by atoms with Gasteiger partial charge < -0.3 is 19.3 Å². The second-order valence-electron chi connectivity index (χ2n) is 9.15. The number of likely N-dealkylation sites (tertiary alicyclic amines) is 1. The average Bonchev–Trinajstić information content (AvgIpc) is 3.21. The molecule has 0 bridgehead atoms. The van der Waals surface area contributed by atoms with Crippen LogP contribution < -0.4 is 4.74 Å². The Hall–Kier alpha value is -2.79. The van der Waals surface area contributed by atoms with Gasteiger partial charge in [-0.05, 0) is 80.6 Å². The van der Waals surface area contributed by atoms with Gasteiger partial charge in [-0.1, -0.05) is 38.0 Å². The van der Waals surface area contributed by atoms with Crippen molar-refractivity contribution in [1.82, 2.24) is 9.47 Å². The molecule has 0 saturated carbocycles. The molecule has 2 heterocycles. The number of ether oxygens (including phenoxy) is 1. The lowest BCUT2D eigenvalue weighted by Crippen LogP contribution is -2.34. The number of aryl methyl sites for hydroxylation is 1. The standard InChI is InChI=1S/C28H36N2O3/c1-2-3-6-17-30-21-26(25-8-4-5-9-27(25)30)22-14-18-29(19-15-22)16-7-20-33-24-12-10-23(11-13-24)28(31)32/h4-5,8-13,21-22H,2-3,6-7,14-20H2,1H3,(H,31,32). The zero-order chi connectivity index (χ0) is 23.0. The summed E-state index contributed by atoms with van der Waals surface area (Å²) in [5, 5.41) is 10.4. The van der Waals surface area contributed by atoms with Gasteiger partial charge in [-0.15, -0.1) is 0 Å². The van der Waals surface area contributed by atoms with Gasteiger partial charge in [0.05, 0.1) is 12.2 Å². The first kappa shape index (κ1) is 23.4. The summed E-state index contributed by atoms with van der Waals surface area (Å²) in [6, 6.07) is 15.5. The van der Waals surface area contributed by atoms with E-state index in [-0.39, 0.29) is 5.56 Å². The van der Waals surface area contributed by atoms with Crippen LogP contribution in [0.15, 0.2) is 54.7 Å². The van der Waals surface area contributed by atoms with Crippen LogP contribution in [0.25, 0.3) is 10.9 Å². The van der Waals surface area contributed by atoms with Gasteiger partial charge in [0.15, 0.2) is 0 Å². The predicted octanol–water partition coefficient (Wildman–Crippen LogP) is 6.18. The fourth-order valence-corrected chi connectivity index (χ4v) is 4.96. The molecule has 5 heteroatoms. The second-order valence-corrected chi connectivity index (χ2v) is 9.15. The normalized spacial score (nSPS) is 15.2. The van der Waals surface area contributed by atoms with E-state index >= 15 is 0 Å². The van der Waals surface area contributed by atoms with Crippen LogP contribution in [-0.2, 0) is 6.54 Å². The molecule has 1 fully saturated rings. The van der Waals surface area contributed by atoms with Crippen molar-refractivity contribution in [1.29, 1.82) is 0 Å². The number of hydrogen-bond acceptors (Lipinski definition) is 3. The number of rotatable bonds is 11. The van der Waals surface area contributed by atoms with Gasteiger partial charge in [0.25, 0.3) is 0 Å². The highest BCUT2D eigenvalue weighted by Crippen LogP contribution is 2.34. The fraction of sp³-hybridized carbons (Fsp3) is 0.464. The number of nitrogens with zero attached hydrogens (tertiary/aromatic N) is 2. The molecule has 1 saturated heterocycles. The lowest BCUT2D eigenvalue weighted by atomic mass is 9.89. The van der Waals surface area contributed by atoms with Crippen molar-refractivity contribution in [2.75, 3.05) is 26.2 Å². The first-order valence-electron chi connectivity index (χ1n) is 12.4. The maximum atomic E-state index is 10.9. The molecule has 0 atom stereocenters. The molecule has 2 aromatic carbocycles. The van der Waals surface area contributed by atoms with E-state index in [1.807, 2.05) is 0 Å². The van der Waals surface area contributed by atoms with Gasteiger partial charge >= 0.3 is 5.97 Å². The molecule has 3 aromatic rings. The number of carboxylic acids is 1. The van der Waals surface area contributed by atoms with E-state index in [9.17, 15) is 4.79 Å². The second kappa shape index (κ2) is 11.4. The van der Waals surface area contributed by atoms with Crippen LogP contribution in [0.1, 0.15) is 67.3 Å². The Morgan fingerprint density at radius 1 is 1.00 bits per heavy atom. The molecule has 4 rings (SSSR count). The molecule has 1 N–H and O–H groups in total. The molecular weight excluding hydrogens is 412 g/mol. The number of hydrogen-bond donors (Lipinski definition) is 1. The Kier molecular flexibility index (Phi) is 8.05. The van der Waals surface area contributed by atoms with Crippen LogP contribution in [0.2, 0.25) is 0 Å². The zero-order valence-corrected chi connectivity index (χ0v) is 19.7. The highest BCUT2D eigenvalue weighted by Gasteiger charge is 2.23. The molecule has 0 spiro atoms. The van der Waals surface area contributed by atoms with Gasteiger partial charge in [-0.25, -0.2) is 4.79 Å². The van der Waals surface area contributed by atoms with Gasteiger partial charge in [0.1, 0.15) is 5.75 Å². The van der Waals surface area contributed by atoms with Gasteiger partial charge in [-0.2, -0.15) is 0 Å². The minimum Gasteiger partial charge on any atom is -0.494 e. The van der Waals surface area contributed by atoms with Gasteiger partial charge in [0, 0.05) is 30.2 Å². The molecule has 0 radical (unpaired) electrons. The first-order chi connectivity index (χ1) is 16.2. The smallest absolute Gasteiger partial charge is 0.335 e. The lowest BCUT2D eigenvalue weighted by Gasteiger charge is -2.32. The third-order valence-electron chi connectivity index (χ3n) is 6.84. The molecule has 176 valence electrons. The average molecular weight is 449 g/mol. The third kappa shape index (κ3) is 5.97. The summed E-state index contributed by atoms with van der Waals surface area (Å²) in [5.74, 6) is 0.461. The van der Waals surface area contributed by atoms with Crippen LogP contribution in [0, 0.1) is 0 Å². The highest BCUT2D eigenvalue weighted by atomic mass is 16.5. The Morgan fingerprint density at radius 3 is 2.48 bits per heavy atom. The van der Waals surface area contributed by atoms with Crippen molar-refractivity contribution in [3.63, 3.8) is 0 Å². The van der Waals surface area contributed by atoms with Crippen molar-refractivity contribution in [3.05, 3.63) is 65.9 Å². The molecule has 0 unspecified atom stereocenters. The SMILES string of the molecule is CCCCCn1cc(C2CCN(CCCOc3ccc(C(=O)O)cc3)CC2)c2ccccc21. The number of aromatic nitrogens is 1. The Bertz CT molecular complexity index is 1030. The molecule has 5 nitrogen and oxygen atoms in total. The van der Waals surface area contributed by atoms with Crippen molar-refractivity contribution < 1.29 is 14.6 Å². The van der Waals surface area contributed by atoms with Crippen LogP contribution in [0.4, 0.5) is 0 Å². The number of piperidine rings is 1. The molecule has 0 aliphatic carbocycles. The topological polar surface area (TPSA) is 54.7 Å². The number of benzene rings is 2. The number of para-hydroxylation sites is 1. The number of fused-ring (bicyclic) bond motifs is 1. The van der Waals surface area contributed by atoms with Crippen LogP contribution in [-0.4, -0.2) is 46.8 Å². The minimum absolute atomic E-state index is 0.286. The summed E-state index contributed by atoms with van der Waals surface area (Å²) >= 11 is 0. The largest absolute Gasteiger partial charge is 0.494 e. The number of carboxylic acid groups (broad SMARTS) is 1. The summed E-state index contributed by atoms with van der Waals surface area (Å²) in [5.41, 5.74) is 3.21. The predicted molar refractivity (Wildman–Crippen MR) is 133 cm³/mol. The van der Waals surface area contributed by atoms with Crippen molar-refractivity contribution >= 4 is 16.9 Å². The molecule has 1 aromatic heterocycles. The van der Waals surface area contributed by atoms with E-state index in [0.29, 0.717) is 12.5 Å². The Balaban J connectivity index is 1.25. The number of carbonyl (C=O) groups is 1. The lowest BCUT2D eigenvalue weighted by molar-refractivity contribution is 0.0697.